The number of rotatable bonds is 7. The molecule has 6 nitrogen and oxygen atoms in total. The topological polar surface area (TPSA) is 62.2 Å². The molecule has 156 valence electrons. The Kier molecular flexibility index (Phi) is 6.77. The molecule has 0 radical (unpaired) electrons. The molecule has 0 saturated heterocycles. The van der Waals surface area contributed by atoms with E-state index in [0.717, 1.165) is 16.7 Å². The molecule has 0 bridgehead atoms. The molecule has 1 amide bonds. The van der Waals surface area contributed by atoms with Gasteiger partial charge in [-0.2, -0.15) is 0 Å². The van der Waals surface area contributed by atoms with E-state index in [4.69, 9.17) is 9.47 Å². The second kappa shape index (κ2) is 9.29. The summed E-state index contributed by atoms with van der Waals surface area (Å²) in [4.78, 5) is 16.9. The number of carbonyl (C=O) groups is 1. The zero-order valence-corrected chi connectivity index (χ0v) is 17.6. The summed E-state index contributed by atoms with van der Waals surface area (Å²) in [5.74, 6) is 1.38. The predicted octanol–water partition coefficient (Wildman–Crippen LogP) is 2.99. The monoisotopic (exact) mass is 398 g/mol. The van der Waals surface area contributed by atoms with Crippen molar-refractivity contribution in [2.24, 2.45) is 0 Å². The fourth-order valence-electron chi connectivity index (χ4n) is 3.89. The van der Waals surface area contributed by atoms with Crippen molar-refractivity contribution in [3.05, 3.63) is 59.2 Å². The highest BCUT2D eigenvalue weighted by Crippen LogP contribution is 2.39. The molecule has 0 unspecified atom stereocenters. The van der Waals surface area contributed by atoms with Gasteiger partial charge in [-0.1, -0.05) is 30.3 Å². The lowest BCUT2D eigenvalue weighted by atomic mass is 9.95. The fraction of sp³-hybridized carbons (Fsp3) is 0.435. The average molecular weight is 399 g/mol. The number of hydrogen-bond acceptors (Lipinski definition) is 5. The fourth-order valence-corrected chi connectivity index (χ4v) is 3.89. The van der Waals surface area contributed by atoms with Crippen LogP contribution in [0.15, 0.2) is 42.5 Å². The minimum atomic E-state index is -0.738. The number of hydrogen-bond donors (Lipinski definition) is 1. The van der Waals surface area contributed by atoms with Gasteiger partial charge in [0.05, 0.1) is 26.9 Å². The standard InChI is InChI=1S/C23H30N2O4/c1-16(2)25(12-17-8-6-5-7-9-17)22(27)15-24-13-18-20(28-3)10-11-21(29-4)23(18)19(26)14-24/h5-11,16,19,26H,12-15H2,1-4H3/t19-/m0/s1. The first kappa shape index (κ1) is 21.1. The first-order valence-corrected chi connectivity index (χ1v) is 9.92. The maximum absolute atomic E-state index is 13.1. The van der Waals surface area contributed by atoms with Crippen LogP contribution in [-0.2, 0) is 17.9 Å². The molecular weight excluding hydrogens is 368 g/mol. The van der Waals surface area contributed by atoms with E-state index in [0.29, 0.717) is 31.1 Å². The lowest BCUT2D eigenvalue weighted by Gasteiger charge is -2.35. The van der Waals surface area contributed by atoms with E-state index in [1.54, 1.807) is 14.2 Å². The zero-order valence-electron chi connectivity index (χ0n) is 17.6. The number of benzene rings is 2. The van der Waals surface area contributed by atoms with Crippen molar-refractivity contribution in [1.29, 1.82) is 0 Å². The van der Waals surface area contributed by atoms with Gasteiger partial charge in [0.15, 0.2) is 0 Å². The van der Waals surface area contributed by atoms with Gasteiger partial charge in [0.1, 0.15) is 11.5 Å². The van der Waals surface area contributed by atoms with Crippen LogP contribution in [0, 0.1) is 0 Å². The van der Waals surface area contributed by atoms with E-state index in [1.165, 1.54) is 0 Å². The van der Waals surface area contributed by atoms with E-state index >= 15 is 0 Å². The quantitative estimate of drug-likeness (QED) is 0.777. The van der Waals surface area contributed by atoms with Crippen LogP contribution in [0.3, 0.4) is 0 Å². The normalized spacial score (nSPS) is 16.4. The number of β-amino-alcohol motifs (C(OH)–C–C–N with tert-alkyl or cyclic N) is 1. The molecule has 2 aromatic carbocycles. The molecule has 6 heteroatoms. The van der Waals surface area contributed by atoms with Crippen LogP contribution >= 0.6 is 0 Å². The highest BCUT2D eigenvalue weighted by Gasteiger charge is 2.31. The Morgan fingerprint density at radius 1 is 1.14 bits per heavy atom. The molecule has 1 atom stereocenters. The van der Waals surface area contributed by atoms with Crippen molar-refractivity contribution in [3.63, 3.8) is 0 Å². The van der Waals surface area contributed by atoms with Crippen LogP contribution in [0.25, 0.3) is 0 Å². The zero-order chi connectivity index (χ0) is 21.0. The van der Waals surface area contributed by atoms with Crippen molar-refractivity contribution < 1.29 is 19.4 Å². The Morgan fingerprint density at radius 3 is 2.41 bits per heavy atom. The number of methoxy groups -OCH3 is 2. The predicted molar refractivity (Wildman–Crippen MR) is 112 cm³/mol. The molecule has 1 aliphatic rings. The molecule has 3 rings (SSSR count). The van der Waals surface area contributed by atoms with Crippen LogP contribution in [0.4, 0.5) is 0 Å². The lowest BCUT2D eigenvalue weighted by Crippen LogP contribution is -2.45. The molecule has 0 aliphatic carbocycles. The summed E-state index contributed by atoms with van der Waals surface area (Å²) < 4.78 is 10.9. The van der Waals surface area contributed by atoms with Gasteiger partial charge in [-0.25, -0.2) is 0 Å². The van der Waals surface area contributed by atoms with E-state index in [2.05, 4.69) is 0 Å². The molecule has 0 fully saturated rings. The van der Waals surface area contributed by atoms with Gasteiger partial charge in [0, 0.05) is 36.8 Å². The van der Waals surface area contributed by atoms with Gasteiger partial charge in [0.2, 0.25) is 5.91 Å². The summed E-state index contributed by atoms with van der Waals surface area (Å²) in [5, 5.41) is 10.8. The molecule has 1 N–H and O–H groups in total. The maximum atomic E-state index is 13.1. The summed E-state index contributed by atoms with van der Waals surface area (Å²) in [5.41, 5.74) is 2.73. The SMILES string of the molecule is COc1ccc(OC)c2c1CN(CC(=O)N(Cc1ccccc1)C(C)C)C[C@@H]2O. The third-order valence-corrected chi connectivity index (χ3v) is 5.36. The summed E-state index contributed by atoms with van der Waals surface area (Å²) in [6, 6.07) is 13.7. The Balaban J connectivity index is 1.77. The summed E-state index contributed by atoms with van der Waals surface area (Å²) in [6.07, 6.45) is -0.738. The van der Waals surface area contributed by atoms with Gasteiger partial charge in [-0.15, -0.1) is 0 Å². The number of ether oxygens (including phenoxy) is 2. The summed E-state index contributed by atoms with van der Waals surface area (Å²) in [6.45, 7) is 5.75. The third kappa shape index (κ3) is 4.71. The average Bonchev–Trinajstić information content (AvgIpc) is 2.71. The Hall–Kier alpha value is -2.57. The van der Waals surface area contributed by atoms with Crippen LogP contribution in [0.5, 0.6) is 11.5 Å². The Morgan fingerprint density at radius 2 is 1.79 bits per heavy atom. The van der Waals surface area contributed by atoms with Crippen molar-refractivity contribution in [2.75, 3.05) is 27.3 Å². The molecule has 0 aromatic heterocycles. The molecule has 1 heterocycles. The second-order valence-corrected chi connectivity index (χ2v) is 7.65. The highest BCUT2D eigenvalue weighted by atomic mass is 16.5. The molecular formula is C23H30N2O4. The van der Waals surface area contributed by atoms with Crippen LogP contribution in [0.1, 0.15) is 36.6 Å². The molecule has 2 aromatic rings. The third-order valence-electron chi connectivity index (χ3n) is 5.36. The number of nitrogens with zero attached hydrogens (tertiary/aromatic N) is 2. The minimum Gasteiger partial charge on any atom is -0.496 e. The van der Waals surface area contributed by atoms with Gasteiger partial charge in [-0.05, 0) is 31.5 Å². The first-order chi connectivity index (χ1) is 13.9. The number of carbonyl (C=O) groups excluding carboxylic acids is 1. The molecule has 29 heavy (non-hydrogen) atoms. The number of aliphatic hydroxyl groups excluding tert-OH is 1. The lowest BCUT2D eigenvalue weighted by molar-refractivity contribution is -0.135. The van der Waals surface area contributed by atoms with Crippen LogP contribution in [-0.4, -0.2) is 54.2 Å². The second-order valence-electron chi connectivity index (χ2n) is 7.65. The number of aliphatic hydroxyl groups is 1. The molecule has 0 saturated carbocycles. The molecule has 0 spiro atoms. The van der Waals surface area contributed by atoms with Gasteiger partial charge < -0.3 is 19.5 Å². The number of fused-ring (bicyclic) bond motifs is 1. The Labute approximate surface area is 172 Å². The van der Waals surface area contributed by atoms with E-state index in [9.17, 15) is 9.90 Å². The van der Waals surface area contributed by atoms with Gasteiger partial charge >= 0.3 is 0 Å². The van der Waals surface area contributed by atoms with E-state index < -0.39 is 6.10 Å². The Bertz CT molecular complexity index is 838. The highest BCUT2D eigenvalue weighted by molar-refractivity contribution is 5.78. The minimum absolute atomic E-state index is 0.0429. The van der Waals surface area contributed by atoms with Gasteiger partial charge in [0.25, 0.3) is 0 Å². The largest absolute Gasteiger partial charge is 0.496 e. The van der Waals surface area contributed by atoms with Crippen LogP contribution < -0.4 is 9.47 Å². The number of amides is 1. The first-order valence-electron chi connectivity index (χ1n) is 9.92. The van der Waals surface area contributed by atoms with Gasteiger partial charge in [-0.3, -0.25) is 9.69 Å². The molecule has 1 aliphatic heterocycles. The van der Waals surface area contributed by atoms with E-state index in [1.807, 2.05) is 66.1 Å². The summed E-state index contributed by atoms with van der Waals surface area (Å²) in [7, 11) is 3.20. The summed E-state index contributed by atoms with van der Waals surface area (Å²) >= 11 is 0. The van der Waals surface area contributed by atoms with Crippen molar-refractivity contribution in [3.8, 4) is 11.5 Å². The maximum Gasteiger partial charge on any atom is 0.237 e. The van der Waals surface area contributed by atoms with Crippen molar-refractivity contribution in [2.45, 2.75) is 39.1 Å². The van der Waals surface area contributed by atoms with Crippen molar-refractivity contribution >= 4 is 5.91 Å². The van der Waals surface area contributed by atoms with Crippen LogP contribution in [0.2, 0.25) is 0 Å². The smallest absolute Gasteiger partial charge is 0.237 e. The van der Waals surface area contributed by atoms with E-state index in [-0.39, 0.29) is 18.5 Å². The van der Waals surface area contributed by atoms with Crippen molar-refractivity contribution in [1.82, 2.24) is 9.80 Å².